The molecule has 5 heteroatoms. The van der Waals surface area contributed by atoms with Crippen LogP contribution in [0.5, 0.6) is 11.5 Å². The zero-order chi connectivity index (χ0) is 26.8. The molecule has 2 heterocycles. The SMILES string of the molecule is COc1cc2c(cc1OC)[C@H](c1ccccc1)N(C(=O)c1ccc(-c3ccc(C4CCCCC4)cc3)s1)CC2. The van der Waals surface area contributed by atoms with Crippen molar-refractivity contribution < 1.29 is 14.3 Å². The fourth-order valence-corrected chi connectivity index (χ4v) is 7.23. The Balaban J connectivity index is 1.30. The molecule has 1 amide bonds. The molecule has 1 saturated carbocycles. The highest BCUT2D eigenvalue weighted by atomic mass is 32.1. The van der Waals surface area contributed by atoms with Gasteiger partial charge >= 0.3 is 0 Å². The molecule has 1 fully saturated rings. The van der Waals surface area contributed by atoms with E-state index in [4.69, 9.17) is 9.47 Å². The molecule has 39 heavy (non-hydrogen) atoms. The van der Waals surface area contributed by atoms with Crippen molar-refractivity contribution >= 4 is 17.2 Å². The van der Waals surface area contributed by atoms with E-state index in [1.807, 2.05) is 35.2 Å². The van der Waals surface area contributed by atoms with Crippen molar-refractivity contribution in [3.63, 3.8) is 0 Å². The highest BCUT2D eigenvalue weighted by Crippen LogP contribution is 2.42. The molecular weight excluding hydrogens is 502 g/mol. The number of benzene rings is 3. The van der Waals surface area contributed by atoms with Crippen LogP contribution >= 0.6 is 11.3 Å². The van der Waals surface area contributed by atoms with Gasteiger partial charge in [0.05, 0.1) is 25.1 Å². The van der Waals surface area contributed by atoms with Crippen molar-refractivity contribution in [1.29, 1.82) is 0 Å². The number of rotatable bonds is 6. The molecular formula is C34H35NO3S. The van der Waals surface area contributed by atoms with Crippen LogP contribution < -0.4 is 9.47 Å². The van der Waals surface area contributed by atoms with Crippen LogP contribution in [-0.4, -0.2) is 31.6 Å². The van der Waals surface area contributed by atoms with E-state index in [9.17, 15) is 4.79 Å². The number of methoxy groups -OCH3 is 2. The van der Waals surface area contributed by atoms with E-state index in [1.165, 1.54) is 48.8 Å². The first-order valence-corrected chi connectivity index (χ1v) is 14.8. The van der Waals surface area contributed by atoms with Crippen molar-refractivity contribution in [2.45, 2.75) is 50.5 Å². The van der Waals surface area contributed by atoms with Gasteiger partial charge in [-0.2, -0.15) is 0 Å². The molecule has 1 aromatic heterocycles. The molecule has 1 aliphatic carbocycles. The maximum atomic E-state index is 14.1. The summed E-state index contributed by atoms with van der Waals surface area (Å²) in [5, 5.41) is 0. The predicted molar refractivity (Wildman–Crippen MR) is 158 cm³/mol. The average Bonchev–Trinajstić information content (AvgIpc) is 3.51. The maximum Gasteiger partial charge on any atom is 0.264 e. The quantitative estimate of drug-likeness (QED) is 0.248. The molecule has 1 atom stereocenters. The van der Waals surface area contributed by atoms with Gasteiger partial charge in [0.25, 0.3) is 5.91 Å². The number of hydrogen-bond donors (Lipinski definition) is 0. The molecule has 6 rings (SSSR count). The van der Waals surface area contributed by atoms with Gasteiger partial charge in [0.15, 0.2) is 11.5 Å². The summed E-state index contributed by atoms with van der Waals surface area (Å²) in [5.74, 6) is 2.17. The number of thiophene rings is 1. The zero-order valence-electron chi connectivity index (χ0n) is 22.7. The number of hydrogen-bond acceptors (Lipinski definition) is 4. The van der Waals surface area contributed by atoms with Gasteiger partial charge in [0.1, 0.15) is 0 Å². The summed E-state index contributed by atoms with van der Waals surface area (Å²) in [6.45, 7) is 0.643. The lowest BCUT2D eigenvalue weighted by Gasteiger charge is -2.38. The van der Waals surface area contributed by atoms with Crippen LogP contribution in [0.3, 0.4) is 0 Å². The first-order valence-electron chi connectivity index (χ1n) is 14.0. The number of nitrogens with zero attached hydrogens (tertiary/aromatic N) is 1. The Morgan fingerprint density at radius 3 is 2.26 bits per heavy atom. The summed E-state index contributed by atoms with van der Waals surface area (Å²) in [5.41, 5.74) is 6.01. The van der Waals surface area contributed by atoms with E-state index in [2.05, 4.69) is 48.5 Å². The van der Waals surface area contributed by atoms with Gasteiger partial charge < -0.3 is 14.4 Å². The van der Waals surface area contributed by atoms with Crippen molar-refractivity contribution in [3.8, 4) is 21.9 Å². The van der Waals surface area contributed by atoms with E-state index >= 15 is 0 Å². The Kier molecular flexibility index (Phi) is 7.43. The lowest BCUT2D eigenvalue weighted by Crippen LogP contribution is -2.40. The summed E-state index contributed by atoms with van der Waals surface area (Å²) >= 11 is 1.59. The molecule has 0 bridgehead atoms. The monoisotopic (exact) mass is 537 g/mol. The van der Waals surface area contributed by atoms with E-state index in [0.717, 1.165) is 33.1 Å². The third kappa shape index (κ3) is 5.08. The lowest BCUT2D eigenvalue weighted by molar-refractivity contribution is 0.0699. The summed E-state index contributed by atoms with van der Waals surface area (Å²) in [6.07, 6.45) is 7.43. The molecule has 1 aliphatic heterocycles. The van der Waals surface area contributed by atoms with Crippen molar-refractivity contribution in [2.75, 3.05) is 20.8 Å². The van der Waals surface area contributed by atoms with Gasteiger partial charge in [-0.25, -0.2) is 0 Å². The molecule has 0 saturated heterocycles. The van der Waals surface area contributed by atoms with E-state index in [1.54, 1.807) is 25.6 Å². The van der Waals surface area contributed by atoms with Crippen LogP contribution in [0.4, 0.5) is 0 Å². The molecule has 0 N–H and O–H groups in total. The van der Waals surface area contributed by atoms with Gasteiger partial charge in [-0.1, -0.05) is 73.9 Å². The van der Waals surface area contributed by atoms with E-state index < -0.39 is 0 Å². The number of carbonyl (C=O) groups is 1. The second-order valence-corrected chi connectivity index (χ2v) is 11.7. The van der Waals surface area contributed by atoms with Crippen LogP contribution in [0.2, 0.25) is 0 Å². The summed E-state index contributed by atoms with van der Waals surface area (Å²) in [4.78, 5) is 18.0. The fraction of sp³-hybridized carbons (Fsp3) is 0.324. The Morgan fingerprint density at radius 2 is 1.54 bits per heavy atom. The standard InChI is InChI=1S/C34H35NO3S/c1-37-29-21-27-19-20-35(33(26-11-7-4-8-12-26)28(27)22-30(29)38-2)34(36)32-18-17-31(39-32)25-15-13-24(14-16-25)23-9-5-3-6-10-23/h4,7-8,11-18,21-23,33H,3,5-6,9-10,19-20H2,1-2H3/t33-/m0/s1. The third-order valence-corrected chi connectivity index (χ3v) is 9.46. The smallest absolute Gasteiger partial charge is 0.264 e. The Bertz CT molecular complexity index is 1440. The molecule has 2 aliphatic rings. The summed E-state index contributed by atoms with van der Waals surface area (Å²) < 4.78 is 11.2. The van der Waals surface area contributed by atoms with Crippen LogP contribution in [0, 0.1) is 0 Å². The van der Waals surface area contributed by atoms with Crippen LogP contribution in [-0.2, 0) is 6.42 Å². The van der Waals surface area contributed by atoms with Gasteiger partial charge in [-0.15, -0.1) is 11.3 Å². The third-order valence-electron chi connectivity index (χ3n) is 8.34. The minimum absolute atomic E-state index is 0.0689. The van der Waals surface area contributed by atoms with Crippen LogP contribution in [0.25, 0.3) is 10.4 Å². The molecule has 0 spiro atoms. The summed E-state index contributed by atoms with van der Waals surface area (Å²) in [7, 11) is 3.32. The van der Waals surface area contributed by atoms with Gasteiger partial charge in [-0.3, -0.25) is 4.79 Å². The fourth-order valence-electron chi connectivity index (χ4n) is 6.26. The van der Waals surface area contributed by atoms with E-state index in [0.29, 0.717) is 18.2 Å². The van der Waals surface area contributed by atoms with Crippen LogP contribution in [0.15, 0.2) is 78.9 Å². The second-order valence-electron chi connectivity index (χ2n) is 10.6. The maximum absolute atomic E-state index is 14.1. The summed E-state index contributed by atoms with van der Waals surface area (Å²) in [6, 6.07) is 27.3. The first-order chi connectivity index (χ1) is 19.2. The minimum atomic E-state index is -0.192. The lowest BCUT2D eigenvalue weighted by atomic mass is 9.84. The van der Waals surface area contributed by atoms with Crippen molar-refractivity contribution in [2.24, 2.45) is 0 Å². The van der Waals surface area contributed by atoms with Crippen LogP contribution in [0.1, 0.15) is 76.0 Å². The second kappa shape index (κ2) is 11.3. The Labute approximate surface area is 235 Å². The Hall–Kier alpha value is -3.57. The number of ether oxygens (including phenoxy) is 2. The van der Waals surface area contributed by atoms with E-state index in [-0.39, 0.29) is 11.9 Å². The molecule has 200 valence electrons. The highest BCUT2D eigenvalue weighted by Gasteiger charge is 2.34. The molecule has 4 aromatic rings. The largest absolute Gasteiger partial charge is 0.493 e. The first kappa shape index (κ1) is 25.7. The van der Waals surface area contributed by atoms with Crippen molar-refractivity contribution in [1.82, 2.24) is 4.90 Å². The highest BCUT2D eigenvalue weighted by molar-refractivity contribution is 7.17. The minimum Gasteiger partial charge on any atom is -0.493 e. The average molecular weight is 538 g/mol. The molecule has 0 unspecified atom stereocenters. The van der Waals surface area contributed by atoms with Crippen molar-refractivity contribution in [3.05, 3.63) is 106 Å². The normalized spacial score (nSPS) is 17.5. The van der Waals surface area contributed by atoms with Gasteiger partial charge in [-0.05, 0) is 77.3 Å². The van der Waals surface area contributed by atoms with Gasteiger partial charge in [0.2, 0.25) is 0 Å². The molecule has 3 aromatic carbocycles. The zero-order valence-corrected chi connectivity index (χ0v) is 23.5. The topological polar surface area (TPSA) is 38.8 Å². The number of carbonyl (C=O) groups excluding carboxylic acids is 1. The Morgan fingerprint density at radius 1 is 0.821 bits per heavy atom. The predicted octanol–water partition coefficient (Wildman–Crippen LogP) is 8.27. The number of amides is 1. The number of fused-ring (bicyclic) bond motifs is 1. The molecule has 0 radical (unpaired) electrons. The molecule has 4 nitrogen and oxygen atoms in total. The van der Waals surface area contributed by atoms with Gasteiger partial charge in [0, 0.05) is 11.4 Å².